The SMILES string of the molecule is Brc1cc(Br)cc(Oc2cc(Br)cc(Br)c2)c1.C#Cc1ccc(OC(C)=O)cc1.O.Oc1ccc(C#Cc2cc(C#Cc3ccc(O)cc3)cc(Oc3cc(C#Cc4ccc(O)cc4)cc(C#Cc4ccc(O)cc4)c3)c2)cc1.[Li+].[OH-]. The van der Waals surface area contributed by atoms with E-state index in [-0.39, 0.29) is 58.8 Å². The number of hydrogen-bond donors (Lipinski definition) is 4. The van der Waals surface area contributed by atoms with Gasteiger partial charge in [-0.25, -0.2) is 0 Å². The van der Waals surface area contributed by atoms with Gasteiger partial charge < -0.3 is 45.6 Å². The number of benzene rings is 9. The fraction of sp³-hybridized carbons (Fsp3) is 0.0152. The predicted molar refractivity (Wildman–Crippen MR) is 324 cm³/mol. The third-order valence-electron chi connectivity index (χ3n) is 10.1. The molecular weight excluding hydrogens is 1280 g/mol. The Morgan fingerprint density at radius 3 is 0.840 bits per heavy atom. The Morgan fingerprint density at radius 1 is 0.358 bits per heavy atom. The number of ether oxygens (including phenoxy) is 3. The Bertz CT molecular complexity index is 3490. The van der Waals surface area contributed by atoms with Gasteiger partial charge in [-0.1, -0.05) is 117 Å². The van der Waals surface area contributed by atoms with Crippen molar-refractivity contribution >= 4 is 69.7 Å². The minimum Gasteiger partial charge on any atom is -0.870 e. The number of halogens is 4. The van der Waals surface area contributed by atoms with Gasteiger partial charge in [0.2, 0.25) is 0 Å². The molecule has 9 rings (SSSR count). The summed E-state index contributed by atoms with van der Waals surface area (Å²) in [5, 5.41) is 38.5. The summed E-state index contributed by atoms with van der Waals surface area (Å²) in [5.41, 5.74) is 6.36. The van der Waals surface area contributed by atoms with E-state index < -0.39 is 0 Å². The average molecular weight is 1320 g/mol. The zero-order valence-electron chi connectivity index (χ0n) is 42.9. The Labute approximate surface area is 515 Å². The molecule has 0 bridgehead atoms. The first kappa shape index (κ1) is 65.0. The molecule has 0 spiro atoms. The van der Waals surface area contributed by atoms with Crippen molar-refractivity contribution in [3.05, 3.63) is 262 Å². The molecule has 0 unspecified atom stereocenters. The van der Waals surface area contributed by atoms with Crippen molar-refractivity contribution in [2.75, 3.05) is 0 Å². The van der Waals surface area contributed by atoms with Gasteiger partial charge in [-0.2, -0.15) is 0 Å². The standard InChI is InChI=1S/C44H26O5.C12H6Br4O.C10H8O2.Li.2H2O/c45-39-17-9-31(10-18-39)1-5-35-25-36(6-2-32-11-19-40(46)20-12-32)28-43(27-35)49-44-29-37(7-3-33-13-21-41(47)22-14-33)26-38(30-44)8-4-34-15-23-42(48)24-16-34;13-7-1-8(14)4-11(3-7)17-12-5-9(15)2-10(16)6-12;1-3-9-4-6-10(7-5-9)12-8(2)11;;;/h9-30,45-48H;1-6H;1,4-7H,2H3;;2*1H2/q;;;+1;;/p-1. The molecule has 0 aliphatic rings. The molecule has 0 amide bonds. The number of carbonyl (C=O) groups excluding carboxylic acids is 1. The minimum atomic E-state index is -0.330. The summed E-state index contributed by atoms with van der Waals surface area (Å²) in [7, 11) is 0. The van der Waals surface area contributed by atoms with Crippen LogP contribution in [0.3, 0.4) is 0 Å². The molecule has 0 aromatic heterocycles. The average Bonchev–Trinajstić information content (AvgIpc) is 3.41. The number of terminal acetylenes is 1. The van der Waals surface area contributed by atoms with E-state index in [0.29, 0.717) is 39.5 Å². The van der Waals surface area contributed by atoms with Gasteiger partial charge in [0.25, 0.3) is 0 Å². The Hall–Kier alpha value is -8.51. The van der Waals surface area contributed by atoms with Gasteiger partial charge in [-0.15, -0.1) is 6.42 Å². The van der Waals surface area contributed by atoms with Crippen LogP contribution in [0.5, 0.6) is 51.7 Å². The molecule has 0 radical (unpaired) electrons. The van der Waals surface area contributed by atoms with Gasteiger partial charge in [0.1, 0.15) is 51.7 Å². The molecule has 0 saturated carbocycles. The molecule has 9 aromatic rings. The van der Waals surface area contributed by atoms with Gasteiger partial charge in [0, 0.05) is 74.9 Å². The second-order valence-electron chi connectivity index (χ2n) is 16.4. The van der Waals surface area contributed by atoms with Crippen LogP contribution >= 0.6 is 63.7 Å². The third kappa shape index (κ3) is 22.6. The molecule has 7 N–H and O–H groups in total. The van der Waals surface area contributed by atoms with Crippen molar-refractivity contribution < 1.29 is 69.2 Å². The number of carbonyl (C=O) groups is 1. The van der Waals surface area contributed by atoms with Crippen LogP contribution in [0.2, 0.25) is 0 Å². The second-order valence-corrected chi connectivity index (χ2v) is 20.0. The fourth-order valence-corrected chi connectivity index (χ4v) is 9.10. The summed E-state index contributed by atoms with van der Waals surface area (Å²) in [5.74, 6) is 31.0. The summed E-state index contributed by atoms with van der Waals surface area (Å²) < 4.78 is 20.9. The summed E-state index contributed by atoms with van der Waals surface area (Å²) in [6.07, 6.45) is 5.14. The molecule has 0 atom stereocenters. The summed E-state index contributed by atoms with van der Waals surface area (Å²) in [6, 6.07) is 55.9. The molecule has 15 heteroatoms. The minimum absolute atomic E-state index is 0. The number of rotatable bonds is 5. The summed E-state index contributed by atoms with van der Waals surface area (Å²) in [4.78, 5) is 10.5. The molecule has 0 aliphatic heterocycles. The Morgan fingerprint density at radius 2 is 0.593 bits per heavy atom. The second kappa shape index (κ2) is 32.5. The number of phenolic OH excluding ortho intramolecular Hbond substituents is 4. The van der Waals surface area contributed by atoms with E-state index in [1.165, 1.54) is 6.92 Å². The number of aromatic hydroxyl groups is 4. The van der Waals surface area contributed by atoms with Crippen LogP contribution in [-0.4, -0.2) is 37.3 Å². The van der Waals surface area contributed by atoms with Crippen LogP contribution in [0.15, 0.2) is 212 Å². The number of hydrogen-bond acceptors (Lipinski definition) is 9. The quantitative estimate of drug-likeness (QED) is 0.0563. The molecule has 0 saturated heterocycles. The zero-order valence-corrected chi connectivity index (χ0v) is 49.3. The first-order chi connectivity index (χ1) is 37.6. The van der Waals surface area contributed by atoms with E-state index in [2.05, 4.69) is 117 Å². The largest absolute Gasteiger partial charge is 1.00 e. The molecule has 0 heterocycles. The predicted octanol–water partition coefficient (Wildman–Crippen LogP) is 12.0. The van der Waals surface area contributed by atoms with E-state index in [1.807, 2.05) is 72.8 Å². The number of esters is 1. The molecular formula is C66H43Br4LiO10. The topological polar surface area (TPSA) is 187 Å². The molecule has 0 fully saturated rings. The van der Waals surface area contributed by atoms with E-state index in [0.717, 1.165) is 57.2 Å². The third-order valence-corrected chi connectivity index (χ3v) is 11.9. The molecule has 0 aliphatic carbocycles. The van der Waals surface area contributed by atoms with Crippen molar-refractivity contribution in [3.8, 4) is 111 Å². The maximum atomic E-state index is 10.5. The maximum absolute atomic E-state index is 10.5. The van der Waals surface area contributed by atoms with Gasteiger partial charge in [-0.05, 0) is 194 Å². The Balaban J connectivity index is 0.000000360. The van der Waals surface area contributed by atoms with Crippen molar-refractivity contribution in [3.63, 3.8) is 0 Å². The van der Waals surface area contributed by atoms with E-state index in [1.54, 1.807) is 121 Å². The fourth-order valence-electron chi connectivity index (χ4n) is 6.59. The van der Waals surface area contributed by atoms with Crippen LogP contribution in [0.1, 0.15) is 57.0 Å². The van der Waals surface area contributed by atoms with Gasteiger partial charge in [0.05, 0.1) is 0 Å². The zero-order chi connectivity index (χ0) is 55.4. The van der Waals surface area contributed by atoms with Crippen LogP contribution in [0.25, 0.3) is 0 Å². The normalized spacial score (nSPS) is 9.33. The smallest absolute Gasteiger partial charge is 0.870 e. The van der Waals surface area contributed by atoms with Crippen molar-refractivity contribution in [1.29, 1.82) is 0 Å². The Kier molecular flexibility index (Phi) is 26.1. The van der Waals surface area contributed by atoms with Crippen LogP contribution in [-0.2, 0) is 4.79 Å². The van der Waals surface area contributed by atoms with Crippen molar-refractivity contribution in [2.45, 2.75) is 6.92 Å². The molecule has 396 valence electrons. The molecule has 81 heavy (non-hydrogen) atoms. The van der Waals surface area contributed by atoms with E-state index in [4.69, 9.17) is 20.6 Å². The van der Waals surface area contributed by atoms with Crippen molar-refractivity contribution in [1.82, 2.24) is 0 Å². The van der Waals surface area contributed by atoms with Gasteiger partial charge in [0.15, 0.2) is 0 Å². The van der Waals surface area contributed by atoms with Gasteiger partial charge >= 0.3 is 24.8 Å². The van der Waals surface area contributed by atoms with E-state index in [9.17, 15) is 25.2 Å². The number of phenols is 4. The summed E-state index contributed by atoms with van der Waals surface area (Å²) >= 11 is 13.7. The summed E-state index contributed by atoms with van der Waals surface area (Å²) in [6.45, 7) is 1.36. The van der Waals surface area contributed by atoms with Crippen LogP contribution < -0.4 is 33.1 Å². The van der Waals surface area contributed by atoms with Crippen LogP contribution in [0.4, 0.5) is 0 Å². The first-order valence-electron chi connectivity index (χ1n) is 23.2. The molecule has 10 nitrogen and oxygen atoms in total. The first-order valence-corrected chi connectivity index (χ1v) is 26.3. The van der Waals surface area contributed by atoms with Crippen LogP contribution in [0, 0.1) is 59.7 Å². The van der Waals surface area contributed by atoms with Crippen molar-refractivity contribution in [2.24, 2.45) is 0 Å². The molecule has 9 aromatic carbocycles. The maximum Gasteiger partial charge on any atom is 1.00 e. The monoisotopic (exact) mass is 1320 g/mol. The van der Waals surface area contributed by atoms with Gasteiger partial charge in [-0.3, -0.25) is 4.79 Å². The van der Waals surface area contributed by atoms with E-state index >= 15 is 0 Å².